The molecule has 0 unspecified atom stereocenters. The molecule has 0 spiro atoms. The Balaban J connectivity index is 1.89. The number of nitrogens with one attached hydrogen (secondary N) is 1. The number of esters is 1. The summed E-state index contributed by atoms with van der Waals surface area (Å²) < 4.78 is 16.5. The highest BCUT2D eigenvalue weighted by molar-refractivity contribution is 5.88. The zero-order valence-electron chi connectivity index (χ0n) is 20.3. The summed E-state index contributed by atoms with van der Waals surface area (Å²) in [5.41, 5.74) is 1.51. The molecule has 1 atom stereocenters. The molecule has 2 aromatic carbocycles. The van der Waals surface area contributed by atoms with E-state index in [0.29, 0.717) is 11.1 Å². The average molecular weight is 466 g/mol. The van der Waals surface area contributed by atoms with Crippen molar-refractivity contribution in [3.63, 3.8) is 0 Å². The Morgan fingerprint density at radius 1 is 1.09 bits per heavy atom. The summed E-state index contributed by atoms with van der Waals surface area (Å²) in [5, 5.41) is 3.44. The maximum atomic E-state index is 13.2. The van der Waals surface area contributed by atoms with Gasteiger partial charge in [-0.3, -0.25) is 0 Å². The summed E-state index contributed by atoms with van der Waals surface area (Å²) in [6, 6.07) is 13.3. The number of carbonyl (C=O) groups is 2. The first-order chi connectivity index (χ1) is 16.1. The number of alkyl carbamates (subject to hydrolysis) is 1. The number of amides is 1. The van der Waals surface area contributed by atoms with Crippen LogP contribution in [0.15, 0.2) is 57.7 Å². The number of fused-ring (bicyclic) bond motifs is 1. The van der Waals surface area contributed by atoms with Gasteiger partial charge in [-0.15, -0.1) is 0 Å². The molecule has 3 aromatic rings. The fourth-order valence-electron chi connectivity index (χ4n) is 3.67. The molecule has 0 fully saturated rings. The number of hydrogen-bond acceptors (Lipinski definition) is 6. The molecule has 1 heterocycles. The lowest BCUT2D eigenvalue weighted by molar-refractivity contribution is -0.136. The Kier molecular flexibility index (Phi) is 7.76. The molecule has 0 bridgehead atoms. The van der Waals surface area contributed by atoms with Crippen LogP contribution in [0.4, 0.5) is 4.79 Å². The van der Waals surface area contributed by atoms with Gasteiger partial charge in [0.05, 0.1) is 0 Å². The number of benzene rings is 2. The van der Waals surface area contributed by atoms with Crippen molar-refractivity contribution in [1.29, 1.82) is 0 Å². The van der Waals surface area contributed by atoms with Gasteiger partial charge in [-0.2, -0.15) is 0 Å². The van der Waals surface area contributed by atoms with Crippen LogP contribution in [0.3, 0.4) is 0 Å². The minimum Gasteiger partial charge on any atom is -0.444 e. The monoisotopic (exact) mass is 465 g/mol. The number of rotatable bonds is 7. The van der Waals surface area contributed by atoms with Crippen LogP contribution in [0.5, 0.6) is 5.75 Å². The number of aryl methyl sites for hydroxylation is 2. The highest BCUT2D eigenvalue weighted by atomic mass is 16.6. The quantitative estimate of drug-likeness (QED) is 0.297. The van der Waals surface area contributed by atoms with Gasteiger partial charge in [-0.1, -0.05) is 43.7 Å². The minimum atomic E-state index is -0.981. The van der Waals surface area contributed by atoms with E-state index < -0.39 is 29.3 Å². The Labute approximate surface area is 199 Å². The molecule has 0 aliphatic rings. The van der Waals surface area contributed by atoms with Crippen LogP contribution >= 0.6 is 0 Å². The smallest absolute Gasteiger partial charge is 0.408 e. The standard InChI is InChI=1S/C27H31NO6/c1-6-10-19-16-23(29)33-24-17(2)22(14-13-20(19)24)32-25(30)21(15-18-11-8-7-9-12-18)28-26(31)34-27(3,4)5/h7-9,11-14,16,21H,6,10,15H2,1-5H3,(H,28,31)/t21-/m0/s1. The summed E-state index contributed by atoms with van der Waals surface area (Å²) in [6.07, 6.45) is 1.13. The van der Waals surface area contributed by atoms with Gasteiger partial charge in [0.2, 0.25) is 0 Å². The van der Waals surface area contributed by atoms with E-state index in [1.165, 1.54) is 6.07 Å². The number of ether oxygens (including phenoxy) is 2. The molecule has 0 saturated heterocycles. The predicted octanol–water partition coefficient (Wildman–Crippen LogP) is 5.10. The van der Waals surface area contributed by atoms with Crippen LogP contribution in [0.1, 0.15) is 50.8 Å². The van der Waals surface area contributed by atoms with Gasteiger partial charge in [-0.05, 0) is 57.4 Å². The van der Waals surface area contributed by atoms with Crippen LogP contribution < -0.4 is 15.7 Å². The summed E-state index contributed by atoms with van der Waals surface area (Å²) in [6.45, 7) is 9.01. The first kappa shape index (κ1) is 25.0. The normalized spacial score (nSPS) is 12.3. The van der Waals surface area contributed by atoms with E-state index in [-0.39, 0.29) is 12.2 Å². The third-order valence-corrected chi connectivity index (χ3v) is 5.18. The molecule has 0 radical (unpaired) electrons. The van der Waals surface area contributed by atoms with Gasteiger partial charge in [-0.25, -0.2) is 14.4 Å². The zero-order chi connectivity index (χ0) is 24.9. The lowest BCUT2D eigenvalue weighted by Gasteiger charge is -2.23. The second-order valence-electron chi connectivity index (χ2n) is 9.22. The number of hydrogen-bond donors (Lipinski definition) is 1. The molecule has 0 saturated carbocycles. The maximum absolute atomic E-state index is 13.2. The lowest BCUT2D eigenvalue weighted by Crippen LogP contribution is -2.46. The fourth-order valence-corrected chi connectivity index (χ4v) is 3.67. The highest BCUT2D eigenvalue weighted by Gasteiger charge is 2.27. The van der Waals surface area contributed by atoms with E-state index in [2.05, 4.69) is 5.32 Å². The van der Waals surface area contributed by atoms with E-state index in [4.69, 9.17) is 13.9 Å². The summed E-state index contributed by atoms with van der Waals surface area (Å²) >= 11 is 0. The molecule has 1 amide bonds. The van der Waals surface area contributed by atoms with E-state index >= 15 is 0 Å². The molecular weight excluding hydrogens is 434 g/mol. The fraction of sp³-hybridized carbons (Fsp3) is 0.370. The van der Waals surface area contributed by atoms with Gasteiger partial charge in [0.25, 0.3) is 0 Å². The van der Waals surface area contributed by atoms with Gasteiger partial charge in [0.1, 0.15) is 23.0 Å². The van der Waals surface area contributed by atoms with Crippen molar-refractivity contribution in [3.05, 3.63) is 75.6 Å². The van der Waals surface area contributed by atoms with Crippen molar-refractivity contribution in [2.45, 2.75) is 65.5 Å². The van der Waals surface area contributed by atoms with Gasteiger partial charge in [0.15, 0.2) is 0 Å². The van der Waals surface area contributed by atoms with E-state index in [1.807, 2.05) is 37.3 Å². The molecule has 7 heteroatoms. The summed E-state index contributed by atoms with van der Waals surface area (Å²) in [4.78, 5) is 37.6. The third-order valence-electron chi connectivity index (χ3n) is 5.18. The largest absolute Gasteiger partial charge is 0.444 e. The molecule has 3 rings (SSSR count). The molecule has 0 aliphatic carbocycles. The molecule has 1 aromatic heterocycles. The first-order valence-electron chi connectivity index (χ1n) is 11.4. The maximum Gasteiger partial charge on any atom is 0.408 e. The Bertz CT molecular complexity index is 1220. The Morgan fingerprint density at radius 3 is 2.44 bits per heavy atom. The van der Waals surface area contributed by atoms with Crippen molar-refractivity contribution >= 4 is 23.0 Å². The van der Waals surface area contributed by atoms with Gasteiger partial charge < -0.3 is 19.2 Å². The lowest BCUT2D eigenvalue weighted by atomic mass is 10.0. The van der Waals surface area contributed by atoms with Crippen molar-refractivity contribution in [2.75, 3.05) is 0 Å². The molecule has 0 aliphatic heterocycles. The third kappa shape index (κ3) is 6.47. The Morgan fingerprint density at radius 2 is 1.79 bits per heavy atom. The summed E-state index contributed by atoms with van der Waals surface area (Å²) in [5.74, 6) is -0.387. The number of carbonyl (C=O) groups excluding carboxylic acids is 2. The second kappa shape index (κ2) is 10.5. The van der Waals surface area contributed by atoms with E-state index in [0.717, 1.165) is 29.4 Å². The van der Waals surface area contributed by atoms with Crippen molar-refractivity contribution in [3.8, 4) is 5.75 Å². The average Bonchev–Trinajstić information content (AvgIpc) is 2.75. The van der Waals surface area contributed by atoms with Crippen LogP contribution in [-0.4, -0.2) is 23.7 Å². The Hall–Kier alpha value is -3.61. The SMILES string of the molecule is CCCc1cc(=O)oc2c(C)c(OC(=O)[C@H](Cc3ccccc3)NC(=O)OC(C)(C)C)ccc12. The second-order valence-corrected chi connectivity index (χ2v) is 9.22. The molecular formula is C27H31NO6. The van der Waals surface area contributed by atoms with E-state index in [1.54, 1.807) is 39.8 Å². The molecule has 34 heavy (non-hydrogen) atoms. The van der Waals surface area contributed by atoms with Crippen LogP contribution in [-0.2, 0) is 22.4 Å². The van der Waals surface area contributed by atoms with Crippen molar-refractivity contribution in [2.24, 2.45) is 0 Å². The molecule has 1 N–H and O–H groups in total. The first-order valence-corrected chi connectivity index (χ1v) is 11.4. The van der Waals surface area contributed by atoms with Gasteiger partial charge in [0, 0.05) is 23.4 Å². The van der Waals surface area contributed by atoms with Crippen LogP contribution in [0, 0.1) is 6.92 Å². The highest BCUT2D eigenvalue weighted by Crippen LogP contribution is 2.29. The molecule has 7 nitrogen and oxygen atoms in total. The van der Waals surface area contributed by atoms with Crippen molar-refractivity contribution in [1.82, 2.24) is 5.32 Å². The summed E-state index contributed by atoms with van der Waals surface area (Å²) in [7, 11) is 0. The van der Waals surface area contributed by atoms with Gasteiger partial charge >= 0.3 is 17.7 Å². The van der Waals surface area contributed by atoms with E-state index in [9.17, 15) is 14.4 Å². The molecule has 180 valence electrons. The minimum absolute atomic E-state index is 0.223. The zero-order valence-corrected chi connectivity index (χ0v) is 20.3. The topological polar surface area (TPSA) is 94.8 Å². The predicted molar refractivity (Wildman–Crippen MR) is 130 cm³/mol. The van der Waals surface area contributed by atoms with Crippen LogP contribution in [0.2, 0.25) is 0 Å². The van der Waals surface area contributed by atoms with Crippen LogP contribution in [0.25, 0.3) is 11.0 Å². The van der Waals surface area contributed by atoms with Crippen molar-refractivity contribution < 1.29 is 23.5 Å².